The largest absolute Gasteiger partial charge is 0.508 e. The second-order valence-corrected chi connectivity index (χ2v) is 3.97. The van der Waals surface area contributed by atoms with Crippen LogP contribution in [-0.4, -0.2) is 39.0 Å². The Morgan fingerprint density at radius 2 is 1.78 bits per heavy atom. The molecule has 1 saturated heterocycles. The first kappa shape index (κ1) is 14.9. The summed E-state index contributed by atoms with van der Waals surface area (Å²) in [6, 6.07) is 3.34. The number of piperazine rings is 1. The molecule has 0 radical (unpaired) electrons. The van der Waals surface area contributed by atoms with Gasteiger partial charge in [0.05, 0.1) is 25.8 Å². The third-order valence-electron chi connectivity index (χ3n) is 2.92. The minimum Gasteiger partial charge on any atom is -0.508 e. The van der Waals surface area contributed by atoms with Crippen LogP contribution in [0.2, 0.25) is 0 Å². The molecule has 1 atom stereocenters. The highest BCUT2D eigenvalue weighted by atomic mass is 35.5. The minimum atomic E-state index is 0. The molecule has 0 saturated carbocycles. The molecule has 6 heteroatoms. The zero-order chi connectivity index (χ0) is 12.3. The molecule has 102 valence electrons. The number of rotatable bonds is 3. The normalized spacial score (nSPS) is 18.9. The summed E-state index contributed by atoms with van der Waals surface area (Å²) in [6.07, 6.45) is 0. The molecule has 0 aromatic heterocycles. The lowest BCUT2D eigenvalue weighted by Crippen LogP contribution is -2.42. The molecule has 1 aromatic rings. The first-order valence-corrected chi connectivity index (χ1v) is 5.65. The van der Waals surface area contributed by atoms with Crippen LogP contribution in [0.5, 0.6) is 17.2 Å². The van der Waals surface area contributed by atoms with Gasteiger partial charge in [-0.2, -0.15) is 0 Å². The summed E-state index contributed by atoms with van der Waals surface area (Å²) in [5.41, 5.74) is 0.944. The summed E-state index contributed by atoms with van der Waals surface area (Å²) < 4.78 is 10.6. The van der Waals surface area contributed by atoms with Gasteiger partial charge in [0.15, 0.2) is 0 Å². The predicted octanol–water partition coefficient (Wildman–Crippen LogP) is 1.07. The lowest BCUT2D eigenvalue weighted by molar-refractivity contribution is 0.349. The number of ether oxygens (including phenoxy) is 2. The quantitative estimate of drug-likeness (QED) is 0.770. The average Bonchev–Trinajstić information content (AvgIpc) is 2.38. The lowest BCUT2D eigenvalue weighted by Gasteiger charge is -2.27. The van der Waals surface area contributed by atoms with Crippen molar-refractivity contribution >= 4 is 12.4 Å². The van der Waals surface area contributed by atoms with E-state index in [2.05, 4.69) is 10.6 Å². The van der Waals surface area contributed by atoms with Crippen molar-refractivity contribution in [2.24, 2.45) is 0 Å². The van der Waals surface area contributed by atoms with E-state index in [1.165, 1.54) is 0 Å². The molecule has 1 aliphatic rings. The SMILES string of the molecule is COc1cc(O)cc(OC)c1[C@H]1CNCCN1.Cl. The topological polar surface area (TPSA) is 62.8 Å². The van der Waals surface area contributed by atoms with Crippen LogP contribution in [0.3, 0.4) is 0 Å². The molecule has 5 nitrogen and oxygen atoms in total. The fraction of sp³-hybridized carbons (Fsp3) is 0.500. The Morgan fingerprint density at radius 3 is 2.22 bits per heavy atom. The summed E-state index contributed by atoms with van der Waals surface area (Å²) in [5, 5.41) is 16.3. The molecule has 1 fully saturated rings. The number of phenols is 1. The first-order valence-electron chi connectivity index (χ1n) is 5.65. The van der Waals surface area contributed by atoms with E-state index in [9.17, 15) is 5.11 Å². The van der Waals surface area contributed by atoms with Gasteiger partial charge in [-0.3, -0.25) is 0 Å². The van der Waals surface area contributed by atoms with Crippen LogP contribution in [-0.2, 0) is 0 Å². The van der Waals surface area contributed by atoms with Crippen molar-refractivity contribution in [3.63, 3.8) is 0 Å². The van der Waals surface area contributed by atoms with Gasteiger partial charge in [0.25, 0.3) is 0 Å². The van der Waals surface area contributed by atoms with Gasteiger partial charge in [-0.1, -0.05) is 0 Å². The molecule has 1 aromatic carbocycles. The third kappa shape index (κ3) is 2.98. The summed E-state index contributed by atoms with van der Waals surface area (Å²) in [4.78, 5) is 0. The van der Waals surface area contributed by atoms with Crippen molar-refractivity contribution in [3.8, 4) is 17.2 Å². The van der Waals surface area contributed by atoms with Crippen molar-refractivity contribution < 1.29 is 14.6 Å². The van der Waals surface area contributed by atoms with Crippen molar-refractivity contribution in [2.75, 3.05) is 33.9 Å². The van der Waals surface area contributed by atoms with Crippen LogP contribution in [0.15, 0.2) is 12.1 Å². The fourth-order valence-electron chi connectivity index (χ4n) is 2.13. The second-order valence-electron chi connectivity index (χ2n) is 3.97. The highest BCUT2D eigenvalue weighted by molar-refractivity contribution is 5.85. The van der Waals surface area contributed by atoms with E-state index in [4.69, 9.17) is 9.47 Å². The number of hydrogen-bond acceptors (Lipinski definition) is 5. The number of nitrogens with one attached hydrogen (secondary N) is 2. The average molecular weight is 275 g/mol. The van der Waals surface area contributed by atoms with E-state index in [1.54, 1.807) is 26.4 Å². The monoisotopic (exact) mass is 274 g/mol. The van der Waals surface area contributed by atoms with Gasteiger partial charge in [0.1, 0.15) is 17.2 Å². The summed E-state index contributed by atoms with van der Waals surface area (Å²) in [7, 11) is 3.18. The van der Waals surface area contributed by atoms with Crippen LogP contribution < -0.4 is 20.1 Å². The van der Waals surface area contributed by atoms with Crippen molar-refractivity contribution in [2.45, 2.75) is 6.04 Å². The molecule has 0 bridgehead atoms. The van der Waals surface area contributed by atoms with Gasteiger partial charge < -0.3 is 25.2 Å². The molecule has 2 rings (SSSR count). The molecule has 0 unspecified atom stereocenters. The Labute approximate surface area is 113 Å². The van der Waals surface area contributed by atoms with E-state index >= 15 is 0 Å². The number of methoxy groups -OCH3 is 2. The molecule has 3 N–H and O–H groups in total. The van der Waals surface area contributed by atoms with Crippen LogP contribution in [0, 0.1) is 0 Å². The molecular weight excluding hydrogens is 256 g/mol. The maximum atomic E-state index is 9.58. The molecule has 1 aliphatic heterocycles. The number of hydrogen-bond donors (Lipinski definition) is 3. The van der Waals surface area contributed by atoms with Gasteiger partial charge in [-0.15, -0.1) is 12.4 Å². The first-order chi connectivity index (χ1) is 8.26. The van der Waals surface area contributed by atoms with Crippen LogP contribution in [0.25, 0.3) is 0 Å². The van der Waals surface area contributed by atoms with Crippen molar-refractivity contribution in [3.05, 3.63) is 17.7 Å². The van der Waals surface area contributed by atoms with E-state index in [0.717, 1.165) is 25.2 Å². The highest BCUT2D eigenvalue weighted by Crippen LogP contribution is 2.37. The van der Waals surface area contributed by atoms with E-state index in [-0.39, 0.29) is 24.2 Å². The Bertz CT molecular complexity index is 370. The molecule has 0 spiro atoms. The van der Waals surface area contributed by atoms with Gasteiger partial charge in [0.2, 0.25) is 0 Å². The Kier molecular flexibility index (Phi) is 5.53. The highest BCUT2D eigenvalue weighted by Gasteiger charge is 2.23. The summed E-state index contributed by atoms with van der Waals surface area (Å²) in [6.45, 7) is 2.68. The number of aromatic hydroxyl groups is 1. The van der Waals surface area contributed by atoms with Gasteiger partial charge in [-0.05, 0) is 0 Å². The predicted molar refractivity (Wildman–Crippen MR) is 72.1 cm³/mol. The Hall–Kier alpha value is -1.17. The zero-order valence-electron chi connectivity index (χ0n) is 10.5. The Balaban J connectivity index is 0.00000162. The van der Waals surface area contributed by atoms with Crippen LogP contribution >= 0.6 is 12.4 Å². The lowest BCUT2D eigenvalue weighted by atomic mass is 10.0. The maximum absolute atomic E-state index is 9.58. The maximum Gasteiger partial charge on any atom is 0.131 e. The van der Waals surface area contributed by atoms with Gasteiger partial charge >= 0.3 is 0 Å². The Morgan fingerprint density at radius 1 is 1.17 bits per heavy atom. The number of phenolic OH excluding ortho intramolecular Hbond substituents is 1. The van der Waals surface area contributed by atoms with E-state index in [0.29, 0.717) is 11.5 Å². The van der Waals surface area contributed by atoms with Crippen molar-refractivity contribution in [1.29, 1.82) is 0 Å². The smallest absolute Gasteiger partial charge is 0.131 e. The van der Waals surface area contributed by atoms with Gasteiger partial charge in [-0.25, -0.2) is 0 Å². The number of halogens is 1. The molecule has 0 amide bonds. The molecule has 18 heavy (non-hydrogen) atoms. The minimum absolute atomic E-state index is 0. The second kappa shape index (κ2) is 6.68. The summed E-state index contributed by atoms with van der Waals surface area (Å²) >= 11 is 0. The number of benzene rings is 1. The third-order valence-corrected chi connectivity index (χ3v) is 2.92. The van der Waals surface area contributed by atoms with E-state index in [1.807, 2.05) is 0 Å². The molecular formula is C12H19ClN2O3. The molecule has 1 heterocycles. The van der Waals surface area contributed by atoms with Crippen LogP contribution in [0.1, 0.15) is 11.6 Å². The van der Waals surface area contributed by atoms with Gasteiger partial charge in [0, 0.05) is 31.8 Å². The van der Waals surface area contributed by atoms with Crippen LogP contribution in [0.4, 0.5) is 0 Å². The van der Waals surface area contributed by atoms with E-state index < -0.39 is 0 Å². The fourth-order valence-corrected chi connectivity index (χ4v) is 2.13. The van der Waals surface area contributed by atoms with Crippen molar-refractivity contribution in [1.82, 2.24) is 10.6 Å². The molecule has 0 aliphatic carbocycles. The zero-order valence-corrected chi connectivity index (χ0v) is 11.3. The standard InChI is InChI=1S/C12H18N2O3.ClH/c1-16-10-5-8(15)6-11(17-2)12(10)9-7-13-3-4-14-9;/h5-6,9,13-15H,3-4,7H2,1-2H3;1H/t9-;/m1./s1. The summed E-state index contributed by atoms with van der Waals surface area (Å²) in [5.74, 6) is 1.43.